The molecule has 0 aromatic heterocycles. The van der Waals surface area contributed by atoms with Crippen molar-refractivity contribution in [2.45, 2.75) is 18.9 Å². The zero-order valence-electron chi connectivity index (χ0n) is 12.8. The molecule has 0 saturated heterocycles. The Hall–Kier alpha value is -1.25. The largest absolute Gasteiger partial charge is 0.480 e. The fourth-order valence-corrected chi connectivity index (χ4v) is 2.12. The predicted octanol–water partition coefficient (Wildman–Crippen LogP) is 2.92. The standard InChI is InChI=1S/C15H21BrF2N2O3/c1-20(8-9-23-10-14(17)18)7-6-13(15(21)22)19-12-4-2-11(16)3-5-12/h2-5,13-14,19H,6-10H2,1H3,(H,21,22)/t13-/m0/s1. The molecular formula is C15H21BrF2N2O3. The number of carbonyl (C=O) groups is 1. The van der Waals surface area contributed by atoms with Gasteiger partial charge in [0, 0.05) is 23.2 Å². The number of likely N-dealkylation sites (N-methyl/N-ethyl adjacent to an activating group) is 1. The molecule has 0 heterocycles. The third-order valence-electron chi connectivity index (χ3n) is 3.14. The van der Waals surface area contributed by atoms with Crippen LogP contribution in [-0.4, -0.2) is 61.8 Å². The molecule has 0 bridgehead atoms. The highest BCUT2D eigenvalue weighted by atomic mass is 79.9. The van der Waals surface area contributed by atoms with E-state index in [1.165, 1.54) is 0 Å². The van der Waals surface area contributed by atoms with Crippen molar-refractivity contribution < 1.29 is 23.4 Å². The number of nitrogens with zero attached hydrogens (tertiary/aromatic N) is 1. The summed E-state index contributed by atoms with van der Waals surface area (Å²) in [6.45, 7) is 0.602. The normalized spacial score (nSPS) is 12.6. The van der Waals surface area contributed by atoms with Gasteiger partial charge in [-0.15, -0.1) is 0 Å². The highest BCUT2D eigenvalue weighted by Gasteiger charge is 2.17. The van der Waals surface area contributed by atoms with Crippen LogP contribution in [0.3, 0.4) is 0 Å². The van der Waals surface area contributed by atoms with Crippen molar-refractivity contribution in [3.05, 3.63) is 28.7 Å². The van der Waals surface area contributed by atoms with E-state index >= 15 is 0 Å². The summed E-state index contributed by atoms with van der Waals surface area (Å²) in [4.78, 5) is 13.2. The van der Waals surface area contributed by atoms with E-state index in [0.717, 1.165) is 10.2 Å². The zero-order chi connectivity index (χ0) is 17.2. The topological polar surface area (TPSA) is 61.8 Å². The average molecular weight is 395 g/mol. The molecule has 0 spiro atoms. The minimum atomic E-state index is -2.47. The van der Waals surface area contributed by atoms with Crippen LogP contribution in [0, 0.1) is 0 Å². The molecule has 0 aliphatic carbocycles. The fraction of sp³-hybridized carbons (Fsp3) is 0.533. The van der Waals surface area contributed by atoms with E-state index in [9.17, 15) is 18.7 Å². The van der Waals surface area contributed by atoms with Crippen LogP contribution in [0.2, 0.25) is 0 Å². The van der Waals surface area contributed by atoms with Gasteiger partial charge in [-0.2, -0.15) is 0 Å². The molecule has 1 aromatic carbocycles. The van der Waals surface area contributed by atoms with Gasteiger partial charge in [0.15, 0.2) is 0 Å². The van der Waals surface area contributed by atoms with Crippen molar-refractivity contribution in [1.82, 2.24) is 4.90 Å². The van der Waals surface area contributed by atoms with E-state index in [2.05, 4.69) is 21.2 Å². The average Bonchev–Trinajstić information content (AvgIpc) is 2.49. The molecular weight excluding hydrogens is 374 g/mol. The highest BCUT2D eigenvalue weighted by molar-refractivity contribution is 9.10. The number of nitrogens with one attached hydrogen (secondary N) is 1. The fourth-order valence-electron chi connectivity index (χ4n) is 1.86. The number of carboxylic acids is 1. The number of alkyl halides is 2. The Bertz CT molecular complexity index is 474. The number of halogens is 3. The van der Waals surface area contributed by atoms with Crippen LogP contribution >= 0.6 is 15.9 Å². The van der Waals surface area contributed by atoms with E-state index < -0.39 is 25.0 Å². The summed E-state index contributed by atoms with van der Waals surface area (Å²) in [5, 5.41) is 12.2. The van der Waals surface area contributed by atoms with Gasteiger partial charge in [0.05, 0.1) is 6.61 Å². The van der Waals surface area contributed by atoms with Crippen LogP contribution in [-0.2, 0) is 9.53 Å². The van der Waals surface area contributed by atoms with Crippen molar-refractivity contribution in [2.75, 3.05) is 38.7 Å². The van der Waals surface area contributed by atoms with Crippen LogP contribution in [0.4, 0.5) is 14.5 Å². The molecule has 8 heteroatoms. The van der Waals surface area contributed by atoms with Crippen molar-refractivity contribution in [3.63, 3.8) is 0 Å². The molecule has 0 amide bonds. The molecule has 130 valence electrons. The van der Waals surface area contributed by atoms with Crippen LogP contribution < -0.4 is 5.32 Å². The minimum Gasteiger partial charge on any atom is -0.480 e. The number of hydrogen-bond donors (Lipinski definition) is 2. The molecule has 0 fully saturated rings. The summed E-state index contributed by atoms with van der Waals surface area (Å²) >= 11 is 3.32. The molecule has 0 aliphatic rings. The van der Waals surface area contributed by atoms with Gasteiger partial charge in [0.1, 0.15) is 12.6 Å². The highest BCUT2D eigenvalue weighted by Crippen LogP contribution is 2.15. The summed E-state index contributed by atoms with van der Waals surface area (Å²) in [5.41, 5.74) is 0.725. The quantitative estimate of drug-likeness (QED) is 0.565. The Morgan fingerprint density at radius 1 is 1.35 bits per heavy atom. The molecule has 1 atom stereocenters. The smallest absolute Gasteiger partial charge is 0.326 e. The number of rotatable bonds is 11. The van der Waals surface area contributed by atoms with Gasteiger partial charge in [-0.3, -0.25) is 0 Å². The van der Waals surface area contributed by atoms with E-state index in [1.807, 2.05) is 17.0 Å². The third-order valence-corrected chi connectivity index (χ3v) is 3.67. The Morgan fingerprint density at radius 2 is 2.00 bits per heavy atom. The lowest BCUT2D eigenvalue weighted by molar-refractivity contribution is -0.138. The lowest BCUT2D eigenvalue weighted by atomic mass is 10.2. The maximum absolute atomic E-state index is 11.9. The predicted molar refractivity (Wildman–Crippen MR) is 88.1 cm³/mol. The number of benzene rings is 1. The Kier molecular flexibility index (Phi) is 9.05. The van der Waals surface area contributed by atoms with Crippen molar-refractivity contribution >= 4 is 27.6 Å². The second-order valence-corrected chi connectivity index (χ2v) is 6.02. The van der Waals surface area contributed by atoms with E-state index in [1.54, 1.807) is 19.2 Å². The SMILES string of the molecule is CN(CCOCC(F)F)CC[C@H](Nc1ccc(Br)cc1)C(=O)O. The summed E-state index contributed by atoms with van der Waals surface area (Å²) in [7, 11) is 1.80. The van der Waals surface area contributed by atoms with Gasteiger partial charge in [-0.05, 0) is 37.7 Å². The molecule has 0 unspecified atom stereocenters. The summed E-state index contributed by atoms with van der Waals surface area (Å²) in [6, 6.07) is 6.52. The van der Waals surface area contributed by atoms with Crippen LogP contribution in [0.25, 0.3) is 0 Å². The van der Waals surface area contributed by atoms with Crippen molar-refractivity contribution in [3.8, 4) is 0 Å². The minimum absolute atomic E-state index is 0.193. The first kappa shape index (κ1) is 19.8. The molecule has 1 rings (SSSR count). The first-order valence-electron chi connectivity index (χ1n) is 7.18. The van der Waals surface area contributed by atoms with Gasteiger partial charge in [-0.1, -0.05) is 15.9 Å². The number of anilines is 1. The number of ether oxygens (including phenoxy) is 1. The lowest BCUT2D eigenvalue weighted by Gasteiger charge is -2.21. The maximum Gasteiger partial charge on any atom is 0.326 e. The first-order chi connectivity index (χ1) is 10.9. The summed E-state index contributed by atoms with van der Waals surface area (Å²) in [5.74, 6) is -0.935. The van der Waals surface area contributed by atoms with Gasteiger partial charge in [0.2, 0.25) is 0 Å². The number of carboxylic acid groups (broad SMARTS) is 1. The monoisotopic (exact) mass is 394 g/mol. The van der Waals surface area contributed by atoms with Crippen LogP contribution in [0.15, 0.2) is 28.7 Å². The number of aliphatic carboxylic acids is 1. The molecule has 0 radical (unpaired) electrons. The van der Waals surface area contributed by atoms with Crippen LogP contribution in [0.5, 0.6) is 0 Å². The molecule has 23 heavy (non-hydrogen) atoms. The van der Waals surface area contributed by atoms with E-state index in [4.69, 9.17) is 4.74 Å². The second-order valence-electron chi connectivity index (χ2n) is 5.10. The van der Waals surface area contributed by atoms with E-state index in [-0.39, 0.29) is 6.61 Å². The molecule has 0 aliphatic heterocycles. The summed E-state index contributed by atoms with van der Waals surface area (Å²) < 4.78 is 29.6. The lowest BCUT2D eigenvalue weighted by Crippen LogP contribution is -2.34. The van der Waals surface area contributed by atoms with Gasteiger partial charge < -0.3 is 20.1 Å². The maximum atomic E-state index is 11.9. The Balaban J connectivity index is 2.35. The van der Waals surface area contributed by atoms with Crippen molar-refractivity contribution in [2.24, 2.45) is 0 Å². The summed E-state index contributed by atoms with van der Waals surface area (Å²) in [6.07, 6.45) is -2.08. The Morgan fingerprint density at radius 3 is 2.57 bits per heavy atom. The van der Waals surface area contributed by atoms with Gasteiger partial charge in [-0.25, -0.2) is 13.6 Å². The zero-order valence-corrected chi connectivity index (χ0v) is 14.4. The Labute approximate surface area is 142 Å². The van der Waals surface area contributed by atoms with Crippen LogP contribution in [0.1, 0.15) is 6.42 Å². The van der Waals surface area contributed by atoms with E-state index in [0.29, 0.717) is 19.5 Å². The van der Waals surface area contributed by atoms with Gasteiger partial charge in [0.25, 0.3) is 6.43 Å². The third kappa shape index (κ3) is 8.83. The molecule has 0 saturated carbocycles. The number of hydrogen-bond acceptors (Lipinski definition) is 4. The molecule has 2 N–H and O–H groups in total. The second kappa shape index (κ2) is 10.5. The molecule has 5 nitrogen and oxygen atoms in total. The first-order valence-corrected chi connectivity index (χ1v) is 7.97. The van der Waals surface area contributed by atoms with Crippen molar-refractivity contribution in [1.29, 1.82) is 0 Å². The molecule has 1 aromatic rings. The van der Waals surface area contributed by atoms with Gasteiger partial charge >= 0.3 is 5.97 Å².